The first-order valence-electron chi connectivity index (χ1n) is 5.82. The van der Waals surface area contributed by atoms with Crippen LogP contribution in [0.3, 0.4) is 0 Å². The van der Waals surface area contributed by atoms with Crippen LogP contribution in [0.2, 0.25) is 0 Å². The summed E-state index contributed by atoms with van der Waals surface area (Å²) in [5, 5.41) is 0. The molecule has 17 heavy (non-hydrogen) atoms. The first kappa shape index (κ1) is 16.9. The minimum absolute atomic E-state index is 0.757. The van der Waals surface area contributed by atoms with Gasteiger partial charge < -0.3 is 9.47 Å². The molecule has 92 valence electrons. The molecule has 1 aromatic rings. The number of halogens is 1. The average molecular weight is 353 g/mol. The van der Waals surface area contributed by atoms with E-state index < -0.39 is 0 Å². The predicted molar refractivity (Wildman–Crippen MR) is 70.4 cm³/mol. The van der Waals surface area contributed by atoms with E-state index in [0.29, 0.717) is 0 Å². The molecule has 0 aliphatic rings. The van der Waals surface area contributed by atoms with Crippen molar-refractivity contribution in [1.29, 1.82) is 0 Å². The molecule has 0 N–H and O–H groups in total. The molecule has 0 amide bonds. The standard InChI is InChI=1S/C13H19O2.BrH.Zn/c1-3-4-5-8-11-15-13-10-7-6-9-12(13)14-2;;/h7,9-10H,3-5,8,11H2,1-2H3;1H;/q-1;;+2/p-1. The third-order valence-electron chi connectivity index (χ3n) is 2.26. The summed E-state index contributed by atoms with van der Waals surface area (Å²) in [7, 11) is 1.65. The summed E-state index contributed by atoms with van der Waals surface area (Å²) in [6, 6.07) is 8.48. The van der Waals surface area contributed by atoms with Crippen molar-refractivity contribution in [3.63, 3.8) is 0 Å². The summed E-state index contributed by atoms with van der Waals surface area (Å²) in [5.74, 6) is 1.57. The minimum atomic E-state index is 0.757. The Hall–Kier alpha value is -0.0766. The number of hydrogen-bond donors (Lipinski definition) is 0. The number of methoxy groups -OCH3 is 1. The second-order valence-corrected chi connectivity index (χ2v) is 3.49. The molecule has 0 fully saturated rings. The van der Waals surface area contributed by atoms with E-state index in [9.17, 15) is 0 Å². The molecule has 0 saturated heterocycles. The molecular weight excluding hydrogens is 333 g/mol. The summed E-state index contributed by atoms with van der Waals surface area (Å²) in [6.45, 7) is 2.97. The molecule has 2 nitrogen and oxygen atoms in total. The summed E-state index contributed by atoms with van der Waals surface area (Å²) in [4.78, 5) is 0. The fraction of sp³-hybridized carbons (Fsp3) is 0.538. The molecule has 0 atom stereocenters. The van der Waals surface area contributed by atoms with Gasteiger partial charge in [0, 0.05) is 5.75 Å². The van der Waals surface area contributed by atoms with Gasteiger partial charge in [-0.05, 0) is 6.42 Å². The van der Waals surface area contributed by atoms with Gasteiger partial charge in [-0.1, -0.05) is 26.2 Å². The van der Waals surface area contributed by atoms with Crippen molar-refractivity contribution in [2.45, 2.75) is 32.6 Å². The number of hydrogen-bond acceptors (Lipinski definition) is 2. The number of ether oxygens (including phenoxy) is 2. The Labute approximate surface area is 121 Å². The molecular formula is C13H19BrO2Zn. The van der Waals surface area contributed by atoms with Crippen molar-refractivity contribution in [1.82, 2.24) is 0 Å². The molecule has 0 radical (unpaired) electrons. The molecule has 0 aliphatic carbocycles. The maximum atomic E-state index is 5.63. The van der Waals surface area contributed by atoms with Crippen molar-refractivity contribution in [2.75, 3.05) is 13.7 Å². The molecule has 0 spiro atoms. The second kappa shape index (κ2) is 12.4. The van der Waals surface area contributed by atoms with Crippen molar-refractivity contribution < 1.29 is 25.8 Å². The van der Waals surface area contributed by atoms with Gasteiger partial charge in [0.15, 0.2) is 0 Å². The van der Waals surface area contributed by atoms with E-state index in [4.69, 9.17) is 9.47 Å². The van der Waals surface area contributed by atoms with E-state index in [1.54, 1.807) is 13.2 Å². The SMILES string of the molecule is CCCCCCOc1cc[c-]cc1OC.[Zn+][Br]. The zero-order valence-corrected chi connectivity index (χ0v) is 15.2. The summed E-state index contributed by atoms with van der Waals surface area (Å²) < 4.78 is 10.8. The quantitative estimate of drug-likeness (QED) is 0.414. The van der Waals surface area contributed by atoms with Crippen molar-refractivity contribution in [2.24, 2.45) is 0 Å². The Morgan fingerprint density at radius 2 is 2.00 bits per heavy atom. The molecule has 0 heterocycles. The van der Waals surface area contributed by atoms with Gasteiger partial charge in [0.1, 0.15) is 0 Å². The Morgan fingerprint density at radius 1 is 1.24 bits per heavy atom. The summed E-state index contributed by atoms with van der Waals surface area (Å²) in [5.41, 5.74) is 0. The van der Waals surface area contributed by atoms with E-state index in [1.165, 1.54) is 35.6 Å². The van der Waals surface area contributed by atoms with Crippen molar-refractivity contribution in [3.8, 4) is 11.5 Å². The topological polar surface area (TPSA) is 18.5 Å². The number of unbranched alkanes of at least 4 members (excludes halogenated alkanes) is 3. The van der Waals surface area contributed by atoms with E-state index >= 15 is 0 Å². The predicted octanol–water partition coefficient (Wildman–Crippen LogP) is 4.30. The Balaban J connectivity index is 0.00000121. The zero-order valence-electron chi connectivity index (χ0n) is 10.7. The monoisotopic (exact) mass is 350 g/mol. The molecule has 1 rings (SSSR count). The van der Waals surface area contributed by atoms with Crippen LogP contribution in [-0.4, -0.2) is 13.7 Å². The van der Waals surface area contributed by atoms with Crippen LogP contribution in [0.5, 0.6) is 11.5 Å². The van der Waals surface area contributed by atoms with Crippen molar-refractivity contribution >= 4 is 13.6 Å². The molecule has 0 unspecified atom stereocenters. The van der Waals surface area contributed by atoms with E-state index in [1.807, 2.05) is 12.1 Å². The van der Waals surface area contributed by atoms with Crippen LogP contribution in [0.4, 0.5) is 0 Å². The third kappa shape index (κ3) is 7.78. The van der Waals surface area contributed by atoms with Gasteiger partial charge in [0.25, 0.3) is 0 Å². The van der Waals surface area contributed by atoms with Gasteiger partial charge in [0.2, 0.25) is 0 Å². The Bertz CT molecular complexity index is 282. The van der Waals surface area contributed by atoms with Gasteiger partial charge in [0.05, 0.1) is 19.5 Å². The molecule has 0 aliphatic heterocycles. The first-order valence-corrected chi connectivity index (χ1v) is 12.8. The zero-order chi connectivity index (χ0) is 12.9. The maximum absolute atomic E-state index is 5.63. The van der Waals surface area contributed by atoms with Crippen LogP contribution in [0.1, 0.15) is 32.6 Å². The normalized spacial score (nSPS) is 9.24. The molecule has 0 aromatic heterocycles. The van der Waals surface area contributed by atoms with Crippen LogP contribution in [0.25, 0.3) is 0 Å². The van der Waals surface area contributed by atoms with Gasteiger partial charge in [-0.2, -0.15) is 12.1 Å². The number of benzene rings is 1. The fourth-order valence-electron chi connectivity index (χ4n) is 1.39. The number of rotatable bonds is 7. The van der Waals surface area contributed by atoms with Crippen LogP contribution in [0.15, 0.2) is 18.2 Å². The summed E-state index contributed by atoms with van der Waals surface area (Å²) in [6.07, 6.45) is 4.88. The molecule has 0 bridgehead atoms. The molecule has 4 heteroatoms. The van der Waals surface area contributed by atoms with Gasteiger partial charge in [-0.3, -0.25) is 0 Å². The van der Waals surface area contributed by atoms with Crippen LogP contribution in [-0.2, 0) is 16.3 Å². The van der Waals surface area contributed by atoms with E-state index in [-0.39, 0.29) is 0 Å². The Morgan fingerprint density at radius 3 is 2.65 bits per heavy atom. The molecule has 1 aromatic carbocycles. The third-order valence-corrected chi connectivity index (χ3v) is 2.26. The van der Waals surface area contributed by atoms with Gasteiger partial charge in [-0.15, -0.1) is 12.1 Å². The van der Waals surface area contributed by atoms with Crippen molar-refractivity contribution in [3.05, 3.63) is 24.3 Å². The van der Waals surface area contributed by atoms with Gasteiger partial charge >= 0.3 is 30.0 Å². The first-order chi connectivity index (χ1) is 8.38. The second-order valence-electron chi connectivity index (χ2n) is 3.49. The van der Waals surface area contributed by atoms with E-state index in [2.05, 4.69) is 26.6 Å². The van der Waals surface area contributed by atoms with E-state index in [0.717, 1.165) is 24.5 Å². The van der Waals surface area contributed by atoms with Gasteiger partial charge in [-0.25, -0.2) is 0 Å². The van der Waals surface area contributed by atoms with Crippen LogP contribution >= 0.6 is 13.6 Å². The van der Waals surface area contributed by atoms with Crippen LogP contribution < -0.4 is 9.47 Å². The Kier molecular flexibility index (Phi) is 12.3. The fourth-order valence-corrected chi connectivity index (χ4v) is 1.39. The molecule has 0 saturated carbocycles. The summed E-state index contributed by atoms with van der Waals surface area (Å²) >= 11 is 4.25. The average Bonchev–Trinajstić information content (AvgIpc) is 2.41. The van der Waals surface area contributed by atoms with Crippen LogP contribution in [0, 0.1) is 6.07 Å².